The van der Waals surface area contributed by atoms with Gasteiger partial charge in [0.2, 0.25) is 0 Å². The third-order valence-electron chi connectivity index (χ3n) is 0.730. The van der Waals surface area contributed by atoms with Gasteiger partial charge in [0, 0.05) is 11.1 Å². The molecule has 0 aliphatic carbocycles. The van der Waals surface area contributed by atoms with Gasteiger partial charge < -0.3 is 20.4 Å². The quantitative estimate of drug-likeness (QED) is 0.507. The largest absolute Gasteiger partial charge is 2.00 e. The van der Waals surface area contributed by atoms with E-state index in [-0.39, 0.29) is 32.9 Å². The Labute approximate surface area is 116 Å². The Morgan fingerprint density at radius 2 is 0.882 bits per heavy atom. The molecule has 0 aromatic carbocycles. The molecular formula is C10H18O6Ti. The van der Waals surface area contributed by atoms with Gasteiger partial charge in [-0.15, -0.1) is 0 Å². The molecule has 0 unspecified atom stereocenters. The van der Waals surface area contributed by atoms with E-state index in [1.807, 2.05) is 0 Å². The van der Waals surface area contributed by atoms with E-state index in [0.29, 0.717) is 0 Å². The molecule has 0 atom stereocenters. The molecular weight excluding hydrogens is 264 g/mol. The minimum Gasteiger partial charge on any atom is -0.857 e. The summed E-state index contributed by atoms with van der Waals surface area (Å²) in [6.45, 7) is 9.20. The molecule has 0 aromatic heterocycles. The van der Waals surface area contributed by atoms with Gasteiger partial charge >= 0.3 is 33.7 Å². The first kappa shape index (κ1) is 29.8. The number of hydrogen-bond acceptors (Lipinski definition) is 4. The van der Waals surface area contributed by atoms with Crippen molar-refractivity contribution in [3.63, 3.8) is 0 Å². The monoisotopic (exact) mass is 282 g/mol. The Bertz CT molecular complexity index is 177. The van der Waals surface area contributed by atoms with Gasteiger partial charge in [0.25, 0.3) is 0 Å². The summed E-state index contributed by atoms with van der Waals surface area (Å²) in [5.74, 6) is -1.87. The fourth-order valence-electron chi connectivity index (χ4n) is 0. The van der Waals surface area contributed by atoms with E-state index in [9.17, 15) is 9.59 Å². The Balaban J connectivity index is -0.0000000417. The molecule has 0 spiro atoms. The van der Waals surface area contributed by atoms with Crippen LogP contribution in [0, 0.1) is 0 Å². The zero-order valence-corrected chi connectivity index (χ0v) is 12.0. The molecule has 0 radical (unpaired) electrons. The molecule has 0 fully saturated rings. The molecule has 0 heterocycles. The topological polar surface area (TPSA) is 121 Å². The molecule has 98 valence electrons. The van der Waals surface area contributed by atoms with E-state index >= 15 is 0 Å². The van der Waals surface area contributed by atoms with E-state index < -0.39 is 11.9 Å². The van der Waals surface area contributed by atoms with Crippen molar-refractivity contribution in [1.82, 2.24) is 0 Å². The van der Waals surface area contributed by atoms with Gasteiger partial charge in [-0.25, -0.2) is 9.59 Å². The van der Waals surface area contributed by atoms with Crippen LogP contribution in [0.2, 0.25) is 0 Å². The van der Waals surface area contributed by atoms with E-state index in [1.54, 1.807) is 0 Å². The minimum atomic E-state index is -0.935. The summed E-state index contributed by atoms with van der Waals surface area (Å²) in [5.41, 5.74) is 0.352. The van der Waals surface area contributed by atoms with Crippen LogP contribution in [0.5, 0.6) is 0 Å². The Kier molecular flexibility index (Phi) is 42.6. The van der Waals surface area contributed by atoms with Crippen molar-refractivity contribution in [3.05, 3.63) is 24.3 Å². The summed E-state index contributed by atoms with van der Waals surface area (Å²) in [6, 6.07) is 0. The third-order valence-corrected chi connectivity index (χ3v) is 0.730. The van der Waals surface area contributed by atoms with Crippen LogP contribution in [0.25, 0.3) is 0 Å². The molecule has 0 rings (SSSR count). The van der Waals surface area contributed by atoms with Gasteiger partial charge in [-0.05, 0) is 13.8 Å². The molecule has 0 aliphatic heterocycles. The van der Waals surface area contributed by atoms with Gasteiger partial charge in [0.05, 0.1) is 0 Å². The number of rotatable bonds is 2. The first-order valence-corrected chi connectivity index (χ1v) is 3.88. The maximum absolute atomic E-state index is 9.60. The van der Waals surface area contributed by atoms with Gasteiger partial charge in [0.15, 0.2) is 0 Å². The summed E-state index contributed by atoms with van der Waals surface area (Å²) in [5, 5.41) is 32.3. The van der Waals surface area contributed by atoms with Gasteiger partial charge in [0.1, 0.15) is 0 Å². The summed E-state index contributed by atoms with van der Waals surface area (Å²) in [4.78, 5) is 19.2. The summed E-state index contributed by atoms with van der Waals surface area (Å²) in [6.07, 6.45) is 0. The second-order valence-corrected chi connectivity index (χ2v) is 2.17. The third kappa shape index (κ3) is 51.6. The first-order valence-electron chi connectivity index (χ1n) is 3.88. The Morgan fingerprint density at radius 1 is 0.824 bits per heavy atom. The van der Waals surface area contributed by atoms with Crippen molar-refractivity contribution < 1.29 is 51.7 Å². The summed E-state index contributed by atoms with van der Waals surface area (Å²) < 4.78 is 0. The van der Waals surface area contributed by atoms with Crippen molar-refractivity contribution in [1.29, 1.82) is 0 Å². The fourth-order valence-corrected chi connectivity index (χ4v) is 0. The van der Waals surface area contributed by atoms with Crippen LogP contribution in [-0.4, -0.2) is 36.4 Å². The van der Waals surface area contributed by atoms with Crippen molar-refractivity contribution in [2.45, 2.75) is 13.8 Å². The normalized spacial score (nSPS) is 6.00. The van der Waals surface area contributed by atoms with E-state index in [4.69, 9.17) is 20.4 Å². The smallest absolute Gasteiger partial charge is 0.857 e. The van der Waals surface area contributed by atoms with Crippen molar-refractivity contribution in [2.24, 2.45) is 0 Å². The average Bonchev–Trinajstić information content (AvgIpc) is 2.24. The van der Waals surface area contributed by atoms with Crippen LogP contribution in [0.15, 0.2) is 24.3 Å². The van der Waals surface area contributed by atoms with Crippen molar-refractivity contribution in [3.8, 4) is 0 Å². The Hall–Kier alpha value is -0.946. The zero-order chi connectivity index (χ0) is 14.3. The Morgan fingerprint density at radius 3 is 0.882 bits per heavy atom. The van der Waals surface area contributed by atoms with Crippen LogP contribution >= 0.6 is 0 Å². The SMILES string of the molecule is C=C(C)C(=O)O.C=C(C)C(=O)O.C[O-].C[O-].[Ti+2]. The van der Waals surface area contributed by atoms with Crippen molar-refractivity contribution >= 4 is 11.9 Å². The maximum Gasteiger partial charge on any atom is 2.00 e. The average molecular weight is 282 g/mol. The van der Waals surface area contributed by atoms with Gasteiger partial charge in [-0.3, -0.25) is 0 Å². The first-order chi connectivity index (χ1) is 7.29. The summed E-state index contributed by atoms with van der Waals surface area (Å²) >= 11 is 0. The fraction of sp³-hybridized carbons (Fsp3) is 0.400. The zero-order valence-electron chi connectivity index (χ0n) is 10.4. The van der Waals surface area contributed by atoms with Crippen LogP contribution < -0.4 is 10.2 Å². The molecule has 0 saturated heterocycles. The number of carboxylic acids is 2. The molecule has 0 aromatic rings. The van der Waals surface area contributed by atoms with E-state index in [2.05, 4.69) is 13.2 Å². The maximum atomic E-state index is 9.60. The number of aliphatic carboxylic acids is 2. The van der Waals surface area contributed by atoms with E-state index in [1.165, 1.54) is 13.8 Å². The second-order valence-electron chi connectivity index (χ2n) is 2.17. The molecule has 17 heavy (non-hydrogen) atoms. The predicted octanol–water partition coefficient (Wildman–Crippen LogP) is -0.755. The second kappa shape index (κ2) is 24.3. The molecule has 2 N–H and O–H groups in total. The summed E-state index contributed by atoms with van der Waals surface area (Å²) in [7, 11) is 1.50. The minimum absolute atomic E-state index is 0. The molecule has 0 amide bonds. The molecule has 6 nitrogen and oxygen atoms in total. The van der Waals surface area contributed by atoms with Crippen LogP contribution in [-0.2, 0) is 31.3 Å². The van der Waals surface area contributed by atoms with Crippen LogP contribution in [0.1, 0.15) is 13.8 Å². The molecule has 0 bridgehead atoms. The molecule has 7 heteroatoms. The predicted molar refractivity (Wildman–Crippen MR) is 56.7 cm³/mol. The van der Waals surface area contributed by atoms with Crippen LogP contribution in [0.4, 0.5) is 0 Å². The number of hydrogen-bond donors (Lipinski definition) is 2. The van der Waals surface area contributed by atoms with Gasteiger partial charge in [-0.2, -0.15) is 14.2 Å². The standard InChI is InChI=1S/2C4H6O2.2CH3O.Ti/c2*1-3(2)4(5)6;2*1-2;/h2*1H2,2H3,(H,5,6);2*1H3;/q;;2*-1;+2. The van der Waals surface area contributed by atoms with Crippen LogP contribution in [0.3, 0.4) is 0 Å². The van der Waals surface area contributed by atoms with E-state index in [0.717, 1.165) is 14.2 Å². The van der Waals surface area contributed by atoms with Gasteiger partial charge in [-0.1, -0.05) is 13.2 Å². The van der Waals surface area contributed by atoms with Crippen molar-refractivity contribution in [2.75, 3.05) is 14.2 Å². The molecule has 0 saturated carbocycles. The number of carboxylic acid groups (broad SMARTS) is 2. The number of carbonyl (C=O) groups is 2. The molecule has 0 aliphatic rings.